The highest BCUT2D eigenvalue weighted by Crippen LogP contribution is 2.30. The van der Waals surface area contributed by atoms with Gasteiger partial charge in [-0.3, -0.25) is 9.13 Å². The molecule has 4 aromatic rings. The molecule has 1 aliphatic rings. The second-order valence-electron chi connectivity index (χ2n) is 7.63. The number of aryl methyl sites for hydroxylation is 2. The van der Waals surface area contributed by atoms with Crippen molar-refractivity contribution in [1.82, 2.24) is 29.1 Å². The number of hydrogen-bond donors (Lipinski definition) is 1. The van der Waals surface area contributed by atoms with E-state index in [1.807, 2.05) is 25.1 Å². The highest BCUT2D eigenvalue weighted by Gasteiger charge is 2.38. The third-order valence-corrected chi connectivity index (χ3v) is 5.78. The zero-order valence-electron chi connectivity index (χ0n) is 17.2. The number of aromatic nitrogens is 6. The third kappa shape index (κ3) is 3.02. The Morgan fingerprint density at radius 1 is 1.26 bits per heavy atom. The molecule has 1 N–H and O–H groups in total. The van der Waals surface area contributed by atoms with Crippen LogP contribution >= 0.6 is 0 Å². The molecule has 31 heavy (non-hydrogen) atoms. The molecule has 5 rings (SSSR count). The molecule has 0 aromatic carbocycles. The van der Waals surface area contributed by atoms with Crippen LogP contribution in [0.1, 0.15) is 18.5 Å². The molecule has 10 heteroatoms. The molecule has 0 amide bonds. The summed E-state index contributed by atoms with van der Waals surface area (Å²) in [6.45, 7) is 2.71. The lowest BCUT2D eigenvalue weighted by molar-refractivity contribution is 0.0448. The van der Waals surface area contributed by atoms with Gasteiger partial charge in [-0.15, -0.1) is 0 Å². The van der Waals surface area contributed by atoms with E-state index in [-0.39, 0.29) is 5.69 Å². The Labute approximate surface area is 177 Å². The number of hydrogen-bond acceptors (Lipinski definition) is 8. The van der Waals surface area contributed by atoms with Gasteiger partial charge in [0.15, 0.2) is 11.3 Å². The summed E-state index contributed by atoms with van der Waals surface area (Å²) in [5.74, 6) is 0.320. The van der Waals surface area contributed by atoms with E-state index in [0.29, 0.717) is 48.8 Å². The summed E-state index contributed by atoms with van der Waals surface area (Å²) < 4.78 is 8.39. The normalized spacial score (nSPS) is 15.8. The first-order chi connectivity index (χ1) is 15.0. The summed E-state index contributed by atoms with van der Waals surface area (Å²) in [5.41, 5.74) is 1.85. The minimum absolute atomic E-state index is 0.292. The maximum absolute atomic E-state index is 13.1. The van der Waals surface area contributed by atoms with Crippen LogP contribution in [-0.4, -0.2) is 42.3 Å². The minimum Gasteiger partial charge on any atom is -0.381 e. The second-order valence-corrected chi connectivity index (χ2v) is 7.63. The lowest BCUT2D eigenvalue weighted by Gasteiger charge is -2.31. The van der Waals surface area contributed by atoms with Crippen LogP contribution in [0.25, 0.3) is 22.2 Å². The van der Waals surface area contributed by atoms with E-state index >= 15 is 0 Å². The van der Waals surface area contributed by atoms with E-state index in [0.717, 1.165) is 16.8 Å². The molecule has 0 atom stereocenters. The summed E-state index contributed by atoms with van der Waals surface area (Å²) in [4.78, 5) is 30.9. The van der Waals surface area contributed by atoms with Crippen molar-refractivity contribution in [3.05, 3.63) is 46.8 Å². The first kappa shape index (κ1) is 19.1. The van der Waals surface area contributed by atoms with Crippen molar-refractivity contribution in [3.8, 4) is 6.07 Å². The quantitative estimate of drug-likeness (QED) is 0.539. The van der Waals surface area contributed by atoms with Crippen LogP contribution in [-0.2, 0) is 17.3 Å². The number of nitrogens with zero attached hydrogens (tertiary/aromatic N) is 7. The van der Waals surface area contributed by atoms with Crippen LogP contribution < -0.4 is 11.0 Å². The topological polar surface area (TPSA) is 124 Å². The average molecular weight is 416 g/mol. The van der Waals surface area contributed by atoms with Crippen LogP contribution in [0.3, 0.4) is 0 Å². The van der Waals surface area contributed by atoms with Gasteiger partial charge in [0.2, 0.25) is 5.95 Å². The summed E-state index contributed by atoms with van der Waals surface area (Å²) >= 11 is 0. The maximum Gasteiger partial charge on any atom is 0.331 e. The monoisotopic (exact) mass is 416 g/mol. The highest BCUT2D eigenvalue weighted by molar-refractivity contribution is 5.81. The molecule has 0 spiro atoms. The smallest absolute Gasteiger partial charge is 0.331 e. The van der Waals surface area contributed by atoms with Crippen LogP contribution in [0.4, 0.5) is 11.6 Å². The number of ether oxygens (including phenoxy) is 1. The molecule has 1 aliphatic heterocycles. The Kier molecular flexibility index (Phi) is 4.41. The number of pyridine rings is 2. The Bertz CT molecular complexity index is 1410. The predicted molar refractivity (Wildman–Crippen MR) is 114 cm³/mol. The van der Waals surface area contributed by atoms with Crippen LogP contribution in [0.2, 0.25) is 0 Å². The van der Waals surface area contributed by atoms with Crippen molar-refractivity contribution < 1.29 is 4.74 Å². The van der Waals surface area contributed by atoms with Gasteiger partial charge in [-0.05, 0) is 25.1 Å². The van der Waals surface area contributed by atoms with Gasteiger partial charge in [-0.25, -0.2) is 19.7 Å². The van der Waals surface area contributed by atoms with Gasteiger partial charge >= 0.3 is 5.69 Å². The number of anilines is 2. The van der Waals surface area contributed by atoms with Crippen molar-refractivity contribution >= 4 is 33.8 Å². The van der Waals surface area contributed by atoms with E-state index in [4.69, 9.17) is 4.74 Å². The lowest BCUT2D eigenvalue weighted by Crippen LogP contribution is -2.44. The highest BCUT2D eigenvalue weighted by atomic mass is 16.5. The Morgan fingerprint density at radius 3 is 2.84 bits per heavy atom. The number of nitriles is 1. The van der Waals surface area contributed by atoms with Crippen LogP contribution in [0.5, 0.6) is 0 Å². The first-order valence-corrected chi connectivity index (χ1v) is 9.96. The summed E-state index contributed by atoms with van der Waals surface area (Å²) in [6, 6.07) is 8.07. The molecule has 0 unspecified atom stereocenters. The number of nitrogens with one attached hydrogen (secondary N) is 1. The Hall–Kier alpha value is -3.84. The second kappa shape index (κ2) is 7.14. The molecule has 0 saturated carbocycles. The standard InChI is InChI=1S/C21H20N8O2/c1-13-15(10-14-4-3-7-23-17(14)25-13)26-19-24-11-16-18(27-19)29(20(30)28(16)2)21(12-22)5-8-31-9-6-21/h3-4,7,10-11H,5-6,8-9H2,1-2H3,(H,24,26,27). The summed E-state index contributed by atoms with van der Waals surface area (Å²) in [5, 5.41) is 14.1. The fourth-order valence-electron chi connectivity index (χ4n) is 3.99. The van der Waals surface area contributed by atoms with Gasteiger partial charge in [-0.1, -0.05) is 0 Å². The fourth-order valence-corrected chi connectivity index (χ4v) is 3.99. The first-order valence-electron chi connectivity index (χ1n) is 9.96. The van der Waals surface area contributed by atoms with E-state index in [1.54, 1.807) is 19.4 Å². The summed E-state index contributed by atoms with van der Waals surface area (Å²) in [6.07, 6.45) is 4.15. The molecule has 156 valence electrons. The van der Waals surface area contributed by atoms with Crippen molar-refractivity contribution in [2.75, 3.05) is 18.5 Å². The van der Waals surface area contributed by atoms with E-state index in [9.17, 15) is 10.1 Å². The molecule has 4 aromatic heterocycles. The SMILES string of the molecule is Cc1nc2ncccc2cc1Nc1ncc2c(n1)n(C1(C#N)CCOCC1)c(=O)n2C. The summed E-state index contributed by atoms with van der Waals surface area (Å²) in [7, 11) is 1.66. The molecule has 1 fully saturated rings. The third-order valence-electron chi connectivity index (χ3n) is 5.78. The number of rotatable bonds is 3. The van der Waals surface area contributed by atoms with E-state index in [1.165, 1.54) is 9.13 Å². The van der Waals surface area contributed by atoms with Crippen molar-refractivity contribution in [1.29, 1.82) is 5.26 Å². The molecular formula is C21H20N8O2. The molecule has 0 aliphatic carbocycles. The molecule has 0 bridgehead atoms. The number of imidazole rings is 1. The molecular weight excluding hydrogens is 396 g/mol. The maximum atomic E-state index is 13.1. The molecule has 10 nitrogen and oxygen atoms in total. The van der Waals surface area contributed by atoms with Gasteiger partial charge in [0.25, 0.3) is 0 Å². The van der Waals surface area contributed by atoms with Crippen molar-refractivity contribution in [3.63, 3.8) is 0 Å². The largest absolute Gasteiger partial charge is 0.381 e. The van der Waals surface area contributed by atoms with Crippen molar-refractivity contribution in [2.45, 2.75) is 25.3 Å². The van der Waals surface area contributed by atoms with Gasteiger partial charge < -0.3 is 10.1 Å². The van der Waals surface area contributed by atoms with E-state index < -0.39 is 5.54 Å². The minimum atomic E-state index is -0.993. The van der Waals surface area contributed by atoms with Crippen LogP contribution in [0, 0.1) is 18.3 Å². The molecule has 1 saturated heterocycles. The van der Waals surface area contributed by atoms with Crippen LogP contribution in [0.15, 0.2) is 35.4 Å². The number of fused-ring (bicyclic) bond motifs is 2. The van der Waals surface area contributed by atoms with Crippen molar-refractivity contribution in [2.24, 2.45) is 7.05 Å². The van der Waals surface area contributed by atoms with Gasteiger partial charge in [0.05, 0.1) is 23.6 Å². The molecule has 0 radical (unpaired) electrons. The van der Waals surface area contributed by atoms with Gasteiger partial charge in [0.1, 0.15) is 11.1 Å². The van der Waals surface area contributed by atoms with Gasteiger partial charge in [0, 0.05) is 44.7 Å². The zero-order chi connectivity index (χ0) is 21.6. The van der Waals surface area contributed by atoms with Gasteiger partial charge in [-0.2, -0.15) is 10.2 Å². The Morgan fingerprint density at radius 2 is 2.06 bits per heavy atom. The predicted octanol–water partition coefficient (Wildman–Crippen LogP) is 2.15. The lowest BCUT2D eigenvalue weighted by atomic mass is 9.91. The fraction of sp³-hybridized carbons (Fsp3) is 0.333. The van der Waals surface area contributed by atoms with E-state index in [2.05, 4.69) is 31.3 Å². The molecule has 5 heterocycles. The Balaban J connectivity index is 1.63. The average Bonchev–Trinajstić information content (AvgIpc) is 3.04. The zero-order valence-corrected chi connectivity index (χ0v) is 17.2.